The highest BCUT2D eigenvalue weighted by molar-refractivity contribution is 5.77. The molecule has 0 saturated carbocycles. The van der Waals surface area contributed by atoms with Gasteiger partial charge in [0.2, 0.25) is 5.91 Å². The number of aliphatic hydroxyl groups is 2. The van der Waals surface area contributed by atoms with Crippen molar-refractivity contribution in [3.63, 3.8) is 0 Å². The van der Waals surface area contributed by atoms with E-state index < -0.39 is 18.2 Å². The van der Waals surface area contributed by atoms with Gasteiger partial charge >= 0.3 is 5.97 Å². The number of hydrogen-bond donors (Lipinski definition) is 3. The summed E-state index contributed by atoms with van der Waals surface area (Å²) in [5.41, 5.74) is 0. The van der Waals surface area contributed by atoms with E-state index in [0.29, 0.717) is 19.3 Å². The number of esters is 1. The third kappa shape index (κ3) is 42.8. The van der Waals surface area contributed by atoms with Gasteiger partial charge in [-0.1, -0.05) is 238 Å². The van der Waals surface area contributed by atoms with Crippen molar-refractivity contribution in [3.8, 4) is 0 Å². The molecule has 0 spiro atoms. The lowest BCUT2D eigenvalue weighted by Crippen LogP contribution is -2.46. The summed E-state index contributed by atoms with van der Waals surface area (Å²) in [7, 11) is 0. The van der Waals surface area contributed by atoms with Crippen molar-refractivity contribution < 1.29 is 24.5 Å². The second-order valence-corrected chi connectivity index (χ2v) is 18.0. The fraction of sp³-hybridized carbons (Fsp3) is 0.887. The molecule has 3 unspecified atom stereocenters. The number of rotatable bonds is 47. The standard InChI is InChI=1S/C53H101NO5/c1-4-7-10-13-16-19-22-24-26-28-30-33-36-39-42-45-51(56)50(48-55)54-52(57)47-49(44-41-38-35-32-21-18-15-12-9-6-3)59-53(58)46-43-40-37-34-31-29-27-25-23-20-17-14-11-8-5-2/h17,20,23,25,49-51,55-56H,4-16,18-19,21-22,24,26-48H2,1-3H3,(H,54,57)/b20-17+,25-23+. The van der Waals surface area contributed by atoms with Gasteiger partial charge in [0.15, 0.2) is 0 Å². The lowest BCUT2D eigenvalue weighted by molar-refractivity contribution is -0.151. The van der Waals surface area contributed by atoms with Gasteiger partial charge in [0, 0.05) is 6.42 Å². The van der Waals surface area contributed by atoms with Crippen LogP contribution >= 0.6 is 0 Å². The Morgan fingerprint density at radius 2 is 0.847 bits per heavy atom. The topological polar surface area (TPSA) is 95.9 Å². The molecule has 59 heavy (non-hydrogen) atoms. The number of carbonyl (C=O) groups excluding carboxylic acids is 2. The van der Waals surface area contributed by atoms with Gasteiger partial charge in [-0.25, -0.2) is 0 Å². The monoisotopic (exact) mass is 832 g/mol. The van der Waals surface area contributed by atoms with Gasteiger partial charge in [0.05, 0.1) is 25.2 Å². The maximum atomic E-state index is 13.2. The Kier molecular flexibility index (Phi) is 46.1. The van der Waals surface area contributed by atoms with Crippen LogP contribution in [0.3, 0.4) is 0 Å². The van der Waals surface area contributed by atoms with E-state index in [1.165, 1.54) is 180 Å². The Morgan fingerprint density at radius 1 is 0.492 bits per heavy atom. The van der Waals surface area contributed by atoms with Crippen LogP contribution in [-0.2, 0) is 14.3 Å². The zero-order chi connectivity index (χ0) is 43.1. The predicted octanol–water partition coefficient (Wildman–Crippen LogP) is 15.5. The highest BCUT2D eigenvalue weighted by Gasteiger charge is 2.24. The van der Waals surface area contributed by atoms with Gasteiger partial charge in [-0.05, 0) is 51.4 Å². The van der Waals surface area contributed by atoms with Crippen molar-refractivity contribution >= 4 is 11.9 Å². The first kappa shape index (κ1) is 57.3. The summed E-state index contributed by atoms with van der Waals surface area (Å²) in [6.07, 6.45) is 53.8. The fourth-order valence-electron chi connectivity index (χ4n) is 8.07. The molecule has 3 atom stereocenters. The molecular formula is C53H101NO5. The van der Waals surface area contributed by atoms with Crippen molar-refractivity contribution in [3.05, 3.63) is 24.3 Å². The Labute approximate surface area is 367 Å². The first-order valence-corrected chi connectivity index (χ1v) is 26.1. The van der Waals surface area contributed by atoms with E-state index in [2.05, 4.69) is 50.4 Å². The number of aliphatic hydroxyl groups excluding tert-OH is 2. The molecule has 6 nitrogen and oxygen atoms in total. The molecule has 0 aromatic heterocycles. The van der Waals surface area contributed by atoms with Gasteiger partial charge in [-0.3, -0.25) is 9.59 Å². The van der Waals surface area contributed by atoms with Crippen LogP contribution in [0.25, 0.3) is 0 Å². The normalized spacial score (nSPS) is 13.4. The molecule has 0 radical (unpaired) electrons. The van der Waals surface area contributed by atoms with Gasteiger partial charge < -0.3 is 20.3 Å². The molecule has 1 amide bonds. The van der Waals surface area contributed by atoms with Crippen molar-refractivity contribution in [2.45, 2.75) is 296 Å². The summed E-state index contributed by atoms with van der Waals surface area (Å²) in [6, 6.07) is -0.698. The molecule has 6 heteroatoms. The Morgan fingerprint density at radius 3 is 1.29 bits per heavy atom. The van der Waals surface area contributed by atoms with Crippen LogP contribution in [0.5, 0.6) is 0 Å². The van der Waals surface area contributed by atoms with Gasteiger partial charge in [0.1, 0.15) is 6.10 Å². The quantitative estimate of drug-likeness (QED) is 0.0322. The number of ether oxygens (including phenoxy) is 1. The summed E-state index contributed by atoms with van der Waals surface area (Å²) >= 11 is 0. The highest BCUT2D eigenvalue weighted by atomic mass is 16.5. The number of allylic oxidation sites excluding steroid dienone is 4. The minimum absolute atomic E-state index is 0.0778. The third-order valence-corrected chi connectivity index (χ3v) is 12.1. The van der Waals surface area contributed by atoms with E-state index in [0.717, 1.165) is 51.4 Å². The molecule has 0 bridgehead atoms. The minimum atomic E-state index is -0.785. The number of amides is 1. The average Bonchev–Trinajstić information content (AvgIpc) is 3.23. The first-order chi connectivity index (χ1) is 29.0. The van der Waals surface area contributed by atoms with E-state index in [4.69, 9.17) is 4.74 Å². The van der Waals surface area contributed by atoms with Crippen molar-refractivity contribution in [1.82, 2.24) is 5.32 Å². The molecule has 0 aromatic carbocycles. The van der Waals surface area contributed by atoms with Crippen LogP contribution in [0.15, 0.2) is 24.3 Å². The molecule has 0 rings (SSSR count). The summed E-state index contributed by atoms with van der Waals surface area (Å²) in [4.78, 5) is 26.1. The third-order valence-electron chi connectivity index (χ3n) is 12.1. The van der Waals surface area contributed by atoms with E-state index >= 15 is 0 Å². The average molecular weight is 832 g/mol. The van der Waals surface area contributed by atoms with E-state index in [-0.39, 0.29) is 24.9 Å². The number of hydrogen-bond acceptors (Lipinski definition) is 5. The van der Waals surface area contributed by atoms with Crippen LogP contribution in [0.4, 0.5) is 0 Å². The Hall–Kier alpha value is -1.66. The zero-order valence-corrected chi connectivity index (χ0v) is 39.7. The molecule has 348 valence electrons. The van der Waals surface area contributed by atoms with Crippen LogP contribution < -0.4 is 5.32 Å². The van der Waals surface area contributed by atoms with E-state index in [1.54, 1.807) is 0 Å². The molecule has 0 aliphatic carbocycles. The molecule has 0 aliphatic rings. The SMILES string of the molecule is CCCCC/C=C/C=C/CCCCCCCCC(=O)OC(CCCCCCCCCCCC)CC(=O)NC(CO)C(O)CCCCCCCCCCCCCCCCC. The first-order valence-electron chi connectivity index (χ1n) is 26.1. The maximum absolute atomic E-state index is 13.2. The summed E-state index contributed by atoms with van der Waals surface area (Å²) in [6.45, 7) is 6.46. The number of nitrogens with one attached hydrogen (secondary N) is 1. The van der Waals surface area contributed by atoms with Crippen LogP contribution in [-0.4, -0.2) is 46.9 Å². The molecule has 0 saturated heterocycles. The fourth-order valence-corrected chi connectivity index (χ4v) is 8.07. The van der Waals surface area contributed by atoms with Gasteiger partial charge in [-0.15, -0.1) is 0 Å². The molecule has 0 aromatic rings. The Bertz CT molecular complexity index is 935. The summed E-state index contributed by atoms with van der Waals surface area (Å²) in [5, 5.41) is 23.8. The smallest absolute Gasteiger partial charge is 0.306 e. The molecule has 0 heterocycles. The maximum Gasteiger partial charge on any atom is 0.306 e. The highest BCUT2D eigenvalue weighted by Crippen LogP contribution is 2.18. The molecule has 3 N–H and O–H groups in total. The van der Waals surface area contributed by atoms with Crippen LogP contribution in [0.2, 0.25) is 0 Å². The number of unbranched alkanes of at least 4 members (excludes halogenated alkanes) is 32. The zero-order valence-electron chi connectivity index (χ0n) is 39.7. The van der Waals surface area contributed by atoms with Crippen molar-refractivity contribution in [1.29, 1.82) is 0 Å². The molecular weight excluding hydrogens is 731 g/mol. The lowest BCUT2D eigenvalue weighted by Gasteiger charge is -2.24. The summed E-state index contributed by atoms with van der Waals surface area (Å²) in [5.74, 6) is -0.475. The van der Waals surface area contributed by atoms with Crippen LogP contribution in [0.1, 0.15) is 278 Å². The van der Waals surface area contributed by atoms with E-state index in [9.17, 15) is 19.8 Å². The minimum Gasteiger partial charge on any atom is -0.462 e. The van der Waals surface area contributed by atoms with E-state index in [1.807, 2.05) is 0 Å². The van der Waals surface area contributed by atoms with Crippen molar-refractivity contribution in [2.24, 2.45) is 0 Å². The molecule has 0 aliphatic heterocycles. The largest absolute Gasteiger partial charge is 0.462 e. The molecule has 0 fully saturated rings. The number of carbonyl (C=O) groups is 2. The predicted molar refractivity (Wildman–Crippen MR) is 255 cm³/mol. The van der Waals surface area contributed by atoms with Crippen molar-refractivity contribution in [2.75, 3.05) is 6.61 Å². The lowest BCUT2D eigenvalue weighted by atomic mass is 10.0. The second kappa shape index (κ2) is 47.4. The second-order valence-electron chi connectivity index (χ2n) is 18.0. The van der Waals surface area contributed by atoms with Gasteiger partial charge in [-0.2, -0.15) is 0 Å². The van der Waals surface area contributed by atoms with Gasteiger partial charge in [0.25, 0.3) is 0 Å². The summed E-state index contributed by atoms with van der Waals surface area (Å²) < 4.78 is 5.92. The van der Waals surface area contributed by atoms with Crippen LogP contribution in [0, 0.1) is 0 Å². The Balaban J connectivity index is 4.47.